The molecule has 1 aliphatic heterocycles. The molecule has 2 unspecified atom stereocenters. The Hall–Kier alpha value is -0.730. The SMILES string of the molecule is CC1CCC12CN=C(N)N2C1CC1. The maximum atomic E-state index is 5.94. The average molecular weight is 179 g/mol. The van der Waals surface area contributed by atoms with Crippen LogP contribution in [0.4, 0.5) is 0 Å². The van der Waals surface area contributed by atoms with Gasteiger partial charge in [0.1, 0.15) is 0 Å². The van der Waals surface area contributed by atoms with Gasteiger partial charge < -0.3 is 10.6 Å². The lowest BCUT2D eigenvalue weighted by Crippen LogP contribution is -2.61. The summed E-state index contributed by atoms with van der Waals surface area (Å²) in [5.74, 6) is 1.60. The summed E-state index contributed by atoms with van der Waals surface area (Å²) in [4.78, 5) is 6.86. The summed E-state index contributed by atoms with van der Waals surface area (Å²) in [5.41, 5.74) is 6.30. The fraction of sp³-hybridized carbons (Fsp3) is 0.900. The van der Waals surface area contributed by atoms with Crippen molar-refractivity contribution in [1.82, 2.24) is 4.90 Å². The zero-order chi connectivity index (χ0) is 9.05. The van der Waals surface area contributed by atoms with E-state index in [9.17, 15) is 0 Å². The molecule has 2 fully saturated rings. The van der Waals surface area contributed by atoms with E-state index >= 15 is 0 Å². The summed E-state index contributed by atoms with van der Waals surface area (Å²) in [6.07, 6.45) is 5.30. The molecule has 3 nitrogen and oxygen atoms in total. The van der Waals surface area contributed by atoms with Crippen LogP contribution in [0.3, 0.4) is 0 Å². The molecule has 72 valence electrons. The molecule has 3 rings (SSSR count). The van der Waals surface area contributed by atoms with Gasteiger partial charge in [-0.05, 0) is 31.6 Å². The third-order valence-electron chi connectivity index (χ3n) is 4.08. The second kappa shape index (κ2) is 2.20. The summed E-state index contributed by atoms with van der Waals surface area (Å²) < 4.78 is 0. The molecule has 0 aromatic carbocycles. The minimum absolute atomic E-state index is 0.352. The van der Waals surface area contributed by atoms with Gasteiger partial charge in [-0.15, -0.1) is 0 Å². The Balaban J connectivity index is 1.89. The van der Waals surface area contributed by atoms with E-state index in [4.69, 9.17) is 5.73 Å². The van der Waals surface area contributed by atoms with Crippen molar-refractivity contribution in [2.24, 2.45) is 16.6 Å². The Morgan fingerprint density at radius 2 is 2.23 bits per heavy atom. The lowest BCUT2D eigenvalue weighted by molar-refractivity contribution is 0.0274. The molecule has 3 heteroatoms. The van der Waals surface area contributed by atoms with Crippen LogP contribution in [-0.4, -0.2) is 29.0 Å². The maximum absolute atomic E-state index is 5.94. The second-order valence-electron chi connectivity index (χ2n) is 4.82. The summed E-state index contributed by atoms with van der Waals surface area (Å²) in [6, 6.07) is 0.731. The second-order valence-corrected chi connectivity index (χ2v) is 4.82. The van der Waals surface area contributed by atoms with E-state index in [1.165, 1.54) is 25.7 Å². The third kappa shape index (κ3) is 0.825. The Bertz CT molecular complexity index is 269. The normalized spacial score (nSPS) is 43.6. The van der Waals surface area contributed by atoms with E-state index in [0.717, 1.165) is 24.5 Å². The predicted octanol–water partition coefficient (Wildman–Crippen LogP) is 0.948. The number of aliphatic imine (C=N–C) groups is 1. The number of rotatable bonds is 1. The minimum Gasteiger partial charge on any atom is -0.370 e. The van der Waals surface area contributed by atoms with Crippen molar-refractivity contribution in [1.29, 1.82) is 0 Å². The fourth-order valence-corrected chi connectivity index (χ4v) is 2.84. The lowest BCUT2D eigenvalue weighted by atomic mass is 9.67. The molecular weight excluding hydrogens is 162 g/mol. The van der Waals surface area contributed by atoms with Crippen LogP contribution in [0.5, 0.6) is 0 Å². The van der Waals surface area contributed by atoms with Gasteiger partial charge in [0, 0.05) is 6.04 Å². The highest BCUT2D eigenvalue weighted by Crippen LogP contribution is 2.49. The highest BCUT2D eigenvalue weighted by atomic mass is 15.4. The standard InChI is InChI=1S/C10H17N3/c1-7-4-5-10(7)6-12-9(11)13(10)8-2-3-8/h7-8H,2-6H2,1H3,(H2,11,12). The summed E-state index contributed by atoms with van der Waals surface area (Å²) in [6.45, 7) is 3.30. The number of hydrogen-bond donors (Lipinski definition) is 1. The zero-order valence-electron chi connectivity index (χ0n) is 8.16. The van der Waals surface area contributed by atoms with E-state index in [-0.39, 0.29) is 0 Å². The van der Waals surface area contributed by atoms with Gasteiger partial charge in [0.15, 0.2) is 5.96 Å². The average Bonchev–Trinajstić information content (AvgIpc) is 2.88. The van der Waals surface area contributed by atoms with Gasteiger partial charge >= 0.3 is 0 Å². The van der Waals surface area contributed by atoms with Crippen molar-refractivity contribution >= 4 is 5.96 Å². The molecule has 0 radical (unpaired) electrons. The number of nitrogens with two attached hydrogens (primary N) is 1. The molecule has 0 amide bonds. The molecule has 3 aliphatic rings. The number of hydrogen-bond acceptors (Lipinski definition) is 3. The van der Waals surface area contributed by atoms with E-state index in [0.29, 0.717) is 5.54 Å². The topological polar surface area (TPSA) is 41.6 Å². The smallest absolute Gasteiger partial charge is 0.192 e. The van der Waals surface area contributed by atoms with Crippen LogP contribution in [0.15, 0.2) is 4.99 Å². The first-order chi connectivity index (χ1) is 6.24. The molecule has 0 saturated heterocycles. The van der Waals surface area contributed by atoms with E-state index in [1.54, 1.807) is 0 Å². The summed E-state index contributed by atoms with van der Waals surface area (Å²) in [5, 5.41) is 0. The molecule has 1 spiro atoms. The van der Waals surface area contributed by atoms with Crippen LogP contribution >= 0.6 is 0 Å². The van der Waals surface area contributed by atoms with E-state index in [2.05, 4.69) is 16.8 Å². The highest BCUT2D eigenvalue weighted by molar-refractivity contribution is 5.82. The van der Waals surface area contributed by atoms with Gasteiger partial charge in [-0.3, -0.25) is 4.99 Å². The minimum atomic E-state index is 0.352. The molecule has 2 saturated carbocycles. The van der Waals surface area contributed by atoms with Crippen molar-refractivity contribution in [2.75, 3.05) is 6.54 Å². The molecular formula is C10H17N3. The molecule has 1 heterocycles. The summed E-state index contributed by atoms with van der Waals surface area (Å²) in [7, 11) is 0. The van der Waals surface area contributed by atoms with Crippen LogP contribution in [0, 0.1) is 5.92 Å². The van der Waals surface area contributed by atoms with Crippen molar-refractivity contribution in [2.45, 2.75) is 44.2 Å². The fourth-order valence-electron chi connectivity index (χ4n) is 2.84. The van der Waals surface area contributed by atoms with E-state index in [1.807, 2.05) is 0 Å². The van der Waals surface area contributed by atoms with Gasteiger partial charge in [0.05, 0.1) is 12.1 Å². The predicted molar refractivity (Wildman–Crippen MR) is 52.5 cm³/mol. The van der Waals surface area contributed by atoms with Gasteiger partial charge in [-0.1, -0.05) is 6.92 Å². The zero-order valence-corrected chi connectivity index (χ0v) is 8.16. The third-order valence-corrected chi connectivity index (χ3v) is 4.08. The Morgan fingerprint density at radius 1 is 1.46 bits per heavy atom. The van der Waals surface area contributed by atoms with Crippen LogP contribution in [0.2, 0.25) is 0 Å². The van der Waals surface area contributed by atoms with Crippen molar-refractivity contribution < 1.29 is 0 Å². The maximum Gasteiger partial charge on any atom is 0.192 e. The van der Waals surface area contributed by atoms with Gasteiger partial charge in [0.2, 0.25) is 0 Å². The molecule has 2 aliphatic carbocycles. The Labute approximate surface area is 79.0 Å². The lowest BCUT2D eigenvalue weighted by Gasteiger charge is -2.51. The van der Waals surface area contributed by atoms with Crippen LogP contribution in [0.25, 0.3) is 0 Å². The van der Waals surface area contributed by atoms with Crippen molar-refractivity contribution in [3.63, 3.8) is 0 Å². The monoisotopic (exact) mass is 179 g/mol. The molecule has 13 heavy (non-hydrogen) atoms. The number of nitrogens with zero attached hydrogens (tertiary/aromatic N) is 2. The molecule has 2 N–H and O–H groups in total. The van der Waals surface area contributed by atoms with Crippen LogP contribution in [0.1, 0.15) is 32.6 Å². The van der Waals surface area contributed by atoms with Crippen molar-refractivity contribution in [3.05, 3.63) is 0 Å². The summed E-state index contributed by atoms with van der Waals surface area (Å²) >= 11 is 0. The largest absolute Gasteiger partial charge is 0.370 e. The van der Waals surface area contributed by atoms with E-state index < -0.39 is 0 Å². The first-order valence-electron chi connectivity index (χ1n) is 5.33. The molecule has 0 aromatic heterocycles. The first-order valence-corrected chi connectivity index (χ1v) is 5.33. The van der Waals surface area contributed by atoms with Gasteiger partial charge in [-0.25, -0.2) is 0 Å². The molecule has 0 bridgehead atoms. The van der Waals surface area contributed by atoms with Crippen LogP contribution in [-0.2, 0) is 0 Å². The Morgan fingerprint density at radius 3 is 2.69 bits per heavy atom. The Kier molecular flexibility index (Phi) is 1.29. The number of guanidine groups is 1. The first kappa shape index (κ1) is 7.65. The quantitative estimate of drug-likeness (QED) is 0.651. The van der Waals surface area contributed by atoms with Gasteiger partial charge in [0.25, 0.3) is 0 Å². The van der Waals surface area contributed by atoms with Crippen LogP contribution < -0.4 is 5.73 Å². The van der Waals surface area contributed by atoms with Gasteiger partial charge in [-0.2, -0.15) is 0 Å². The molecule has 0 aromatic rings. The molecule has 2 atom stereocenters. The van der Waals surface area contributed by atoms with Crippen molar-refractivity contribution in [3.8, 4) is 0 Å². The highest BCUT2D eigenvalue weighted by Gasteiger charge is 2.55.